The molecule has 288 valence electrons. The van der Waals surface area contributed by atoms with Crippen LogP contribution >= 0.6 is 11.3 Å². The molecule has 2 amide bonds. The number of fused-ring (bicyclic) bond motifs is 1. The average Bonchev–Trinajstić information content (AvgIpc) is 4.04. The molecule has 0 saturated carbocycles. The largest absolute Gasteiger partial charge is 0.481 e. The summed E-state index contributed by atoms with van der Waals surface area (Å²) < 4.78 is 19.2. The number of anilines is 2. The van der Waals surface area contributed by atoms with E-state index < -0.39 is 5.82 Å². The zero-order valence-electron chi connectivity index (χ0n) is 31.7. The van der Waals surface area contributed by atoms with Crippen molar-refractivity contribution in [2.45, 2.75) is 59.0 Å². The smallest absolute Gasteiger partial charge is 0.264 e. The molecule has 11 heteroatoms. The summed E-state index contributed by atoms with van der Waals surface area (Å²) in [6.45, 7) is 8.01. The van der Waals surface area contributed by atoms with Gasteiger partial charge in [-0.15, -0.1) is 11.3 Å². The molecule has 0 spiro atoms. The molecule has 0 unspecified atom stereocenters. The van der Waals surface area contributed by atoms with E-state index in [9.17, 15) is 14.0 Å². The fraction of sp³-hybridized carbons (Fsp3) is 0.273. The molecule has 6 aromatic rings. The maximum Gasteiger partial charge on any atom is 0.264 e. The quantitative estimate of drug-likeness (QED) is 0.160. The van der Waals surface area contributed by atoms with E-state index in [0.717, 1.165) is 76.4 Å². The zero-order valence-corrected chi connectivity index (χ0v) is 32.5. The first kappa shape index (κ1) is 38.9. The molecule has 8 rings (SSSR count). The van der Waals surface area contributed by atoms with Crippen LogP contribution in [-0.2, 0) is 13.0 Å². The molecule has 1 saturated heterocycles. The Labute approximate surface area is 329 Å². The van der Waals surface area contributed by atoms with Crippen molar-refractivity contribution in [3.63, 3.8) is 0 Å². The normalized spacial score (nSPS) is 14.5. The number of carbonyl (C=O) groups is 2. The van der Waals surface area contributed by atoms with Crippen molar-refractivity contribution in [2.75, 3.05) is 30.4 Å². The monoisotopic (exact) mass is 762 g/mol. The van der Waals surface area contributed by atoms with Gasteiger partial charge < -0.3 is 24.8 Å². The summed E-state index contributed by atoms with van der Waals surface area (Å²) in [6, 6.07) is 26.5. The second-order valence-electron chi connectivity index (χ2n) is 13.1. The molecule has 2 N–H and O–H groups in total. The molecule has 0 bridgehead atoms. The Hall–Kier alpha value is -5.81. The summed E-state index contributed by atoms with van der Waals surface area (Å²) in [5.41, 5.74) is 8.35. The third-order valence-electron chi connectivity index (χ3n) is 9.74. The average molecular weight is 763 g/mol. The van der Waals surface area contributed by atoms with Gasteiger partial charge in [-0.05, 0) is 96.6 Å². The Balaban J connectivity index is 0.000000234. The first-order valence-corrected chi connectivity index (χ1v) is 19.6. The highest BCUT2D eigenvalue weighted by Crippen LogP contribution is 2.39. The Morgan fingerprint density at radius 2 is 1.80 bits per heavy atom. The highest BCUT2D eigenvalue weighted by atomic mass is 32.1. The minimum atomic E-state index is -0.488. The van der Waals surface area contributed by atoms with Crippen LogP contribution in [0.4, 0.5) is 15.8 Å². The van der Waals surface area contributed by atoms with Crippen LogP contribution in [0.5, 0.6) is 5.88 Å². The van der Waals surface area contributed by atoms with Crippen molar-refractivity contribution in [2.24, 2.45) is 0 Å². The number of benzene rings is 3. The van der Waals surface area contributed by atoms with E-state index in [-0.39, 0.29) is 26.3 Å². The van der Waals surface area contributed by atoms with Crippen LogP contribution in [0.25, 0.3) is 11.1 Å². The van der Waals surface area contributed by atoms with Crippen LogP contribution in [0.1, 0.15) is 84.4 Å². The minimum Gasteiger partial charge on any atom is -0.481 e. The van der Waals surface area contributed by atoms with E-state index in [0.29, 0.717) is 19.0 Å². The molecule has 5 heterocycles. The summed E-state index contributed by atoms with van der Waals surface area (Å²) in [6.07, 6.45) is 9.03. The fourth-order valence-electron chi connectivity index (χ4n) is 7.02. The molecule has 0 radical (unpaired) electrons. The number of likely N-dealkylation sites (tertiary alicyclic amines) is 1. The number of hydrogen-bond donors (Lipinski definition) is 2. The summed E-state index contributed by atoms with van der Waals surface area (Å²) in [5.74, 6) is -0.0392. The van der Waals surface area contributed by atoms with Crippen LogP contribution < -0.4 is 15.0 Å². The number of nitrogens with zero attached hydrogens (tertiary/aromatic N) is 4. The summed E-state index contributed by atoms with van der Waals surface area (Å²) in [5, 5.41) is 5.32. The highest BCUT2D eigenvalue weighted by molar-refractivity contribution is 7.12. The second kappa shape index (κ2) is 18.5. The van der Waals surface area contributed by atoms with Crippen molar-refractivity contribution in [1.82, 2.24) is 19.9 Å². The number of pyridine rings is 1. The number of hydrogen-bond acceptors (Lipinski definition) is 7. The van der Waals surface area contributed by atoms with E-state index >= 15 is 0 Å². The van der Waals surface area contributed by atoms with Gasteiger partial charge >= 0.3 is 0 Å². The molecule has 1 atom stereocenters. The number of aromatic nitrogens is 3. The SMILES string of the molecule is CC.COc1ccc(-c2ccccc2[C@@H]2CCCN2C(=O)c2sccc2C)cn1.O=C(c1ccccc1F)N1CCCc2ccc(NCc3cnc[nH]3)cc21.[HH].[HH]. The molecule has 1 fully saturated rings. The lowest BCUT2D eigenvalue weighted by atomic mass is 9.94. The van der Waals surface area contributed by atoms with Gasteiger partial charge in [0.2, 0.25) is 5.88 Å². The number of amides is 2. The van der Waals surface area contributed by atoms with Crippen LogP contribution in [-0.4, -0.2) is 51.9 Å². The third kappa shape index (κ3) is 8.95. The molecule has 0 aliphatic carbocycles. The molecule has 3 aromatic heterocycles. The number of rotatable bonds is 8. The maximum absolute atomic E-state index is 14.1. The van der Waals surface area contributed by atoms with Crippen LogP contribution in [0, 0.1) is 12.7 Å². The van der Waals surface area contributed by atoms with Crippen molar-refractivity contribution >= 4 is 34.5 Å². The van der Waals surface area contributed by atoms with Gasteiger partial charge in [-0.3, -0.25) is 9.59 Å². The Morgan fingerprint density at radius 1 is 0.982 bits per heavy atom. The van der Waals surface area contributed by atoms with Gasteiger partial charge in [-0.2, -0.15) is 0 Å². The van der Waals surface area contributed by atoms with Crippen molar-refractivity contribution < 1.29 is 21.6 Å². The van der Waals surface area contributed by atoms with Gasteiger partial charge in [-0.25, -0.2) is 14.4 Å². The Morgan fingerprint density at radius 3 is 2.53 bits per heavy atom. The number of ether oxygens (including phenoxy) is 1. The van der Waals surface area contributed by atoms with Gasteiger partial charge in [0.05, 0.1) is 42.2 Å². The second-order valence-corrected chi connectivity index (χ2v) is 14.0. The molecular weight excluding hydrogens is 712 g/mol. The first-order chi connectivity index (χ1) is 26.9. The van der Waals surface area contributed by atoms with Gasteiger partial charge in [-0.1, -0.05) is 56.3 Å². The number of nitrogens with one attached hydrogen (secondary N) is 2. The predicted molar refractivity (Wildman–Crippen MR) is 223 cm³/mol. The highest BCUT2D eigenvalue weighted by Gasteiger charge is 2.33. The zero-order chi connectivity index (χ0) is 38.7. The van der Waals surface area contributed by atoms with Gasteiger partial charge in [0.15, 0.2) is 0 Å². The molecule has 2 aliphatic rings. The summed E-state index contributed by atoms with van der Waals surface area (Å²) in [7, 11) is 1.62. The van der Waals surface area contributed by atoms with E-state index in [4.69, 9.17) is 4.74 Å². The molecule has 3 aromatic carbocycles. The molecule has 2 aliphatic heterocycles. The van der Waals surface area contributed by atoms with Gasteiger partial charge in [0.25, 0.3) is 11.8 Å². The number of aryl methyl sites for hydroxylation is 2. The molecule has 9 nitrogen and oxygen atoms in total. The van der Waals surface area contributed by atoms with E-state index in [1.54, 1.807) is 36.7 Å². The lowest BCUT2D eigenvalue weighted by Crippen LogP contribution is -2.36. The number of aromatic amines is 1. The van der Waals surface area contributed by atoms with Crippen LogP contribution in [0.3, 0.4) is 0 Å². The maximum atomic E-state index is 14.1. The summed E-state index contributed by atoms with van der Waals surface area (Å²) >= 11 is 1.53. The van der Waals surface area contributed by atoms with Gasteiger partial charge in [0, 0.05) is 51.3 Å². The lowest BCUT2D eigenvalue weighted by Gasteiger charge is -2.30. The first-order valence-electron chi connectivity index (χ1n) is 18.8. The van der Waals surface area contributed by atoms with E-state index in [2.05, 4.69) is 32.4 Å². The third-order valence-corrected chi connectivity index (χ3v) is 10.7. The van der Waals surface area contributed by atoms with Crippen LogP contribution in [0.2, 0.25) is 0 Å². The van der Waals surface area contributed by atoms with Crippen molar-refractivity contribution in [3.05, 3.63) is 148 Å². The van der Waals surface area contributed by atoms with E-state index in [1.165, 1.54) is 29.0 Å². The summed E-state index contributed by atoms with van der Waals surface area (Å²) in [4.78, 5) is 42.0. The minimum absolute atomic E-state index is 0. The Bertz CT molecular complexity index is 2200. The van der Waals surface area contributed by atoms with Gasteiger partial charge in [0.1, 0.15) is 5.82 Å². The fourth-order valence-corrected chi connectivity index (χ4v) is 7.90. The number of carbonyl (C=O) groups excluding carboxylic acids is 2. The topological polar surface area (TPSA) is 103 Å². The van der Waals surface area contributed by atoms with Crippen molar-refractivity contribution in [3.8, 4) is 17.0 Å². The van der Waals surface area contributed by atoms with Crippen LogP contribution in [0.15, 0.2) is 109 Å². The van der Waals surface area contributed by atoms with Crippen molar-refractivity contribution in [1.29, 1.82) is 0 Å². The number of halogens is 1. The molecular formula is C44H51FN6O3S. The van der Waals surface area contributed by atoms with E-state index in [1.807, 2.05) is 85.8 Å². The number of H-pyrrole nitrogens is 1. The number of methoxy groups -OCH3 is 1. The standard InChI is InChI=1S/C22H22N2O2S.C20H19FN4O.C2H6.2H2/c1-15-11-13-27-21(15)22(25)24-12-5-8-19(24)18-7-4-3-6-17(18)16-9-10-20(26-2)23-14-16;21-18-6-2-1-5-17(18)20(26)25-9-3-4-14-7-8-15(10-19(14)25)23-12-16-11-22-13-24-16;1-2;;/h3-4,6-7,9-11,13-14,19H,5,8,12H2,1-2H3;1-2,5-8,10-11,13,23H,3-4,9,12H2,(H,22,24);1-2H3;2*1H/t19-;;;;/m0..../s1. The molecule has 55 heavy (non-hydrogen) atoms. The number of imidazole rings is 1. The number of thiophene rings is 1. The lowest BCUT2D eigenvalue weighted by molar-refractivity contribution is 0.0740. The predicted octanol–water partition coefficient (Wildman–Crippen LogP) is 10.4. The Kier molecular flexibility index (Phi) is 13.1.